The van der Waals surface area contributed by atoms with Crippen molar-refractivity contribution in [1.29, 1.82) is 0 Å². The van der Waals surface area contributed by atoms with Crippen LogP contribution in [0.3, 0.4) is 0 Å². The van der Waals surface area contributed by atoms with Crippen LogP contribution in [0.25, 0.3) is 16.9 Å². The van der Waals surface area contributed by atoms with Gasteiger partial charge in [-0.3, -0.25) is 9.59 Å². The molecule has 0 aliphatic heterocycles. The summed E-state index contributed by atoms with van der Waals surface area (Å²) >= 11 is 12.5. The van der Waals surface area contributed by atoms with Crippen molar-refractivity contribution in [2.75, 3.05) is 7.11 Å². The summed E-state index contributed by atoms with van der Waals surface area (Å²) in [5.74, 6) is -1.16. The molecule has 1 unspecified atom stereocenters. The third-order valence-corrected chi connectivity index (χ3v) is 5.11. The molecule has 0 saturated carbocycles. The summed E-state index contributed by atoms with van der Waals surface area (Å²) in [7, 11) is 1.54. The number of rotatable bonds is 6. The molecule has 7 nitrogen and oxygen atoms in total. The number of hydrogen-bond acceptors (Lipinski definition) is 4. The lowest BCUT2D eigenvalue weighted by atomic mass is 10.1. The van der Waals surface area contributed by atoms with Gasteiger partial charge >= 0.3 is 5.97 Å². The summed E-state index contributed by atoms with van der Waals surface area (Å²) in [6.07, 6.45) is 0. The molecule has 0 saturated heterocycles. The predicted molar refractivity (Wildman–Crippen MR) is 115 cm³/mol. The van der Waals surface area contributed by atoms with Crippen LogP contribution in [0.2, 0.25) is 10.0 Å². The number of aromatic nitrogens is 2. The smallest absolute Gasteiger partial charge is 0.325 e. The van der Waals surface area contributed by atoms with E-state index in [1.807, 2.05) is 12.1 Å². The van der Waals surface area contributed by atoms with Gasteiger partial charge in [-0.2, -0.15) is 5.10 Å². The molecule has 0 fully saturated rings. The Hall–Kier alpha value is -3.03. The quantitative estimate of drug-likeness (QED) is 0.585. The van der Waals surface area contributed by atoms with Crippen molar-refractivity contribution >= 4 is 35.1 Å². The first-order chi connectivity index (χ1) is 14.2. The van der Waals surface area contributed by atoms with E-state index in [2.05, 4.69) is 10.4 Å². The molecule has 2 N–H and O–H groups in total. The van der Waals surface area contributed by atoms with Crippen molar-refractivity contribution in [1.82, 2.24) is 15.1 Å². The number of carboxylic acid groups (broad SMARTS) is 1. The Morgan fingerprint density at radius 3 is 2.40 bits per heavy atom. The zero-order valence-electron chi connectivity index (χ0n) is 16.4. The van der Waals surface area contributed by atoms with Crippen molar-refractivity contribution < 1.29 is 19.4 Å². The van der Waals surface area contributed by atoms with E-state index in [0.717, 1.165) is 5.56 Å². The molecule has 1 amide bonds. The molecule has 2 aromatic carbocycles. The van der Waals surface area contributed by atoms with Gasteiger partial charge < -0.3 is 15.2 Å². The third kappa shape index (κ3) is 4.27. The number of benzene rings is 2. The highest BCUT2D eigenvalue weighted by Gasteiger charge is 2.25. The van der Waals surface area contributed by atoms with E-state index in [1.165, 1.54) is 14.0 Å². The van der Waals surface area contributed by atoms with Crippen LogP contribution in [0.1, 0.15) is 23.0 Å². The van der Waals surface area contributed by atoms with E-state index < -0.39 is 17.9 Å². The molecular formula is C21H19Cl2N3O4. The molecule has 3 aromatic rings. The number of aliphatic carboxylic acids is 1. The maximum atomic E-state index is 12.7. The summed E-state index contributed by atoms with van der Waals surface area (Å²) in [4.78, 5) is 23.8. The molecular weight excluding hydrogens is 429 g/mol. The Morgan fingerprint density at radius 2 is 1.83 bits per heavy atom. The SMILES string of the molecule is COc1ccc(-n2nc(C(=O)NC(C)C(=O)O)c(C)c2-c2ccc(Cl)cc2)c(Cl)c1. The van der Waals surface area contributed by atoms with Crippen LogP contribution in [-0.4, -0.2) is 39.9 Å². The molecule has 0 aliphatic rings. The summed E-state index contributed by atoms with van der Waals surface area (Å²) in [5.41, 5.74) is 2.60. The molecule has 1 aromatic heterocycles. The minimum Gasteiger partial charge on any atom is -0.497 e. The normalized spacial score (nSPS) is 11.8. The summed E-state index contributed by atoms with van der Waals surface area (Å²) < 4.78 is 6.76. The zero-order valence-corrected chi connectivity index (χ0v) is 18.0. The van der Waals surface area contributed by atoms with Crippen molar-refractivity contribution in [3.05, 3.63) is 63.8 Å². The fraction of sp³-hybridized carbons (Fsp3) is 0.190. The maximum Gasteiger partial charge on any atom is 0.325 e. The first-order valence-corrected chi connectivity index (χ1v) is 9.71. The molecule has 0 bridgehead atoms. The van der Waals surface area contributed by atoms with Gasteiger partial charge in [-0.1, -0.05) is 35.3 Å². The highest BCUT2D eigenvalue weighted by molar-refractivity contribution is 6.32. The Balaban J connectivity index is 2.18. The van der Waals surface area contributed by atoms with Crippen molar-refractivity contribution in [3.63, 3.8) is 0 Å². The maximum absolute atomic E-state index is 12.7. The molecule has 0 spiro atoms. The monoisotopic (exact) mass is 447 g/mol. The number of carbonyl (C=O) groups is 2. The van der Waals surface area contributed by atoms with Crippen LogP contribution >= 0.6 is 23.2 Å². The highest BCUT2D eigenvalue weighted by atomic mass is 35.5. The third-order valence-electron chi connectivity index (χ3n) is 4.56. The summed E-state index contributed by atoms with van der Waals surface area (Å²) in [5, 5.41) is 16.9. The number of amides is 1. The number of ether oxygens (including phenoxy) is 1. The van der Waals surface area contributed by atoms with Crippen LogP contribution in [0.5, 0.6) is 5.75 Å². The van der Waals surface area contributed by atoms with Gasteiger partial charge in [0.15, 0.2) is 5.69 Å². The van der Waals surface area contributed by atoms with E-state index in [-0.39, 0.29) is 5.69 Å². The van der Waals surface area contributed by atoms with Crippen LogP contribution in [0.4, 0.5) is 0 Å². The summed E-state index contributed by atoms with van der Waals surface area (Å²) in [6, 6.07) is 11.1. The fourth-order valence-electron chi connectivity index (χ4n) is 2.95. The Morgan fingerprint density at radius 1 is 1.17 bits per heavy atom. The molecule has 30 heavy (non-hydrogen) atoms. The minimum atomic E-state index is -1.14. The van der Waals surface area contributed by atoms with E-state index in [4.69, 9.17) is 33.0 Å². The van der Waals surface area contributed by atoms with E-state index >= 15 is 0 Å². The van der Waals surface area contributed by atoms with E-state index in [0.29, 0.717) is 32.7 Å². The van der Waals surface area contributed by atoms with Crippen molar-refractivity contribution in [2.45, 2.75) is 19.9 Å². The number of methoxy groups -OCH3 is 1. The second-order valence-electron chi connectivity index (χ2n) is 6.59. The van der Waals surface area contributed by atoms with Gasteiger partial charge in [-0.05, 0) is 38.1 Å². The van der Waals surface area contributed by atoms with Gasteiger partial charge in [-0.15, -0.1) is 0 Å². The number of hydrogen-bond donors (Lipinski definition) is 2. The number of carboxylic acids is 1. The van der Waals surface area contributed by atoms with Gasteiger partial charge in [-0.25, -0.2) is 4.68 Å². The standard InChI is InChI=1S/C21H19Cl2N3O4/c1-11-18(20(27)24-12(2)21(28)29)25-26(17-9-8-15(30-3)10-16(17)23)19(11)13-4-6-14(22)7-5-13/h4-10,12H,1-3H3,(H,24,27)(H,28,29). The highest BCUT2D eigenvalue weighted by Crippen LogP contribution is 2.33. The average molecular weight is 448 g/mol. The van der Waals surface area contributed by atoms with Gasteiger partial charge in [0, 0.05) is 22.2 Å². The van der Waals surface area contributed by atoms with Gasteiger partial charge in [0.1, 0.15) is 11.8 Å². The lowest BCUT2D eigenvalue weighted by molar-refractivity contribution is -0.138. The Kier molecular flexibility index (Phi) is 6.34. The first kappa shape index (κ1) is 21.7. The molecule has 3 rings (SSSR count). The number of halogens is 2. The number of nitrogens with one attached hydrogen (secondary N) is 1. The lowest BCUT2D eigenvalue weighted by Crippen LogP contribution is -2.38. The fourth-order valence-corrected chi connectivity index (χ4v) is 3.32. The molecule has 0 aliphatic carbocycles. The summed E-state index contributed by atoms with van der Waals surface area (Å²) in [6.45, 7) is 3.12. The zero-order chi connectivity index (χ0) is 22.0. The molecule has 9 heteroatoms. The lowest BCUT2D eigenvalue weighted by Gasteiger charge is -2.11. The van der Waals surface area contributed by atoms with Gasteiger partial charge in [0.05, 0.1) is 23.5 Å². The average Bonchev–Trinajstić information content (AvgIpc) is 3.05. The van der Waals surface area contributed by atoms with Crippen LogP contribution in [0, 0.1) is 6.92 Å². The topological polar surface area (TPSA) is 93.5 Å². The van der Waals surface area contributed by atoms with Crippen LogP contribution in [-0.2, 0) is 4.79 Å². The van der Waals surface area contributed by atoms with E-state index in [1.54, 1.807) is 41.9 Å². The molecule has 156 valence electrons. The second kappa shape index (κ2) is 8.77. The minimum absolute atomic E-state index is 0.0972. The first-order valence-electron chi connectivity index (χ1n) is 8.96. The van der Waals surface area contributed by atoms with E-state index in [9.17, 15) is 9.59 Å². The molecule has 0 radical (unpaired) electrons. The Bertz CT molecular complexity index is 1110. The number of nitrogens with zero attached hydrogens (tertiary/aromatic N) is 2. The molecule has 1 heterocycles. The largest absolute Gasteiger partial charge is 0.497 e. The van der Waals surface area contributed by atoms with Crippen LogP contribution in [0.15, 0.2) is 42.5 Å². The van der Waals surface area contributed by atoms with Crippen molar-refractivity contribution in [2.24, 2.45) is 0 Å². The van der Waals surface area contributed by atoms with Gasteiger partial charge in [0.2, 0.25) is 0 Å². The van der Waals surface area contributed by atoms with Crippen LogP contribution < -0.4 is 10.1 Å². The Labute approximate surface area is 183 Å². The number of carbonyl (C=O) groups excluding carboxylic acids is 1. The predicted octanol–water partition coefficient (Wildman–Crippen LogP) is 4.37. The second-order valence-corrected chi connectivity index (χ2v) is 7.44. The molecule has 1 atom stereocenters. The van der Waals surface area contributed by atoms with Gasteiger partial charge in [0.25, 0.3) is 5.91 Å². The van der Waals surface area contributed by atoms with Crippen molar-refractivity contribution in [3.8, 4) is 22.7 Å².